The highest BCUT2D eigenvalue weighted by Gasteiger charge is 2.26. The summed E-state index contributed by atoms with van der Waals surface area (Å²) in [7, 11) is 2.05. The van der Waals surface area contributed by atoms with Gasteiger partial charge in [0.25, 0.3) is 5.91 Å². The van der Waals surface area contributed by atoms with Gasteiger partial charge >= 0.3 is 0 Å². The summed E-state index contributed by atoms with van der Waals surface area (Å²) in [6.45, 7) is 3.45. The van der Waals surface area contributed by atoms with E-state index in [4.69, 9.17) is 0 Å². The number of thiazole rings is 1. The van der Waals surface area contributed by atoms with Gasteiger partial charge in [0.2, 0.25) is 0 Å². The smallest absolute Gasteiger partial charge is 0.277 e. The Morgan fingerprint density at radius 2 is 2.00 bits per heavy atom. The van der Waals surface area contributed by atoms with E-state index in [9.17, 15) is 4.79 Å². The number of amides is 1. The normalized spacial score (nSPS) is 14.4. The first kappa shape index (κ1) is 12.2. The van der Waals surface area contributed by atoms with Crippen molar-refractivity contribution in [3.8, 4) is 0 Å². The Labute approximate surface area is 116 Å². The molecule has 0 saturated carbocycles. The highest BCUT2D eigenvalue weighted by Crippen LogP contribution is 2.32. The van der Waals surface area contributed by atoms with Crippen LogP contribution in [0, 0.1) is 6.92 Å². The van der Waals surface area contributed by atoms with Crippen LogP contribution < -0.4 is 9.80 Å². The van der Waals surface area contributed by atoms with Crippen molar-refractivity contribution in [3.63, 3.8) is 0 Å². The number of benzene rings is 1. The van der Waals surface area contributed by atoms with Gasteiger partial charge in [-0.1, -0.05) is 12.1 Å². The van der Waals surface area contributed by atoms with Crippen LogP contribution in [-0.2, 0) is 0 Å². The van der Waals surface area contributed by atoms with Gasteiger partial charge < -0.3 is 9.80 Å². The summed E-state index contributed by atoms with van der Waals surface area (Å²) >= 11 is 1.51. The maximum absolute atomic E-state index is 12.5. The summed E-state index contributed by atoms with van der Waals surface area (Å²) in [5.74, 6) is -0.00935. The van der Waals surface area contributed by atoms with Crippen LogP contribution in [0.5, 0.6) is 0 Å². The van der Waals surface area contributed by atoms with Crippen LogP contribution in [-0.4, -0.2) is 31.0 Å². The third kappa shape index (κ3) is 2.10. The molecule has 0 aliphatic carbocycles. The van der Waals surface area contributed by atoms with Gasteiger partial charge in [-0.25, -0.2) is 4.98 Å². The summed E-state index contributed by atoms with van der Waals surface area (Å²) < 4.78 is 0. The molecule has 1 aliphatic rings. The number of para-hydroxylation sites is 2. The number of fused-ring (bicyclic) bond motifs is 1. The zero-order valence-corrected chi connectivity index (χ0v) is 11.8. The Balaban J connectivity index is 1.98. The summed E-state index contributed by atoms with van der Waals surface area (Å²) in [5, 5.41) is 2.75. The van der Waals surface area contributed by atoms with Crippen LogP contribution >= 0.6 is 11.3 Å². The summed E-state index contributed by atoms with van der Waals surface area (Å²) in [5.41, 5.74) is 2.60. The Hall–Kier alpha value is -1.88. The van der Waals surface area contributed by atoms with E-state index < -0.39 is 0 Å². The topological polar surface area (TPSA) is 36.4 Å². The quantitative estimate of drug-likeness (QED) is 0.801. The third-order valence-electron chi connectivity index (χ3n) is 3.33. The fourth-order valence-electron chi connectivity index (χ4n) is 2.32. The minimum absolute atomic E-state index is 0.00935. The average Bonchev–Trinajstić information content (AvgIpc) is 2.86. The van der Waals surface area contributed by atoms with Gasteiger partial charge in [-0.2, -0.15) is 0 Å². The number of anilines is 2. The highest BCUT2D eigenvalue weighted by molar-refractivity contribution is 7.09. The van der Waals surface area contributed by atoms with Crippen molar-refractivity contribution in [2.45, 2.75) is 6.92 Å². The number of aromatic nitrogens is 1. The van der Waals surface area contributed by atoms with Crippen LogP contribution in [0.4, 0.5) is 11.4 Å². The highest BCUT2D eigenvalue weighted by atomic mass is 32.1. The molecule has 0 bridgehead atoms. The van der Waals surface area contributed by atoms with Crippen molar-refractivity contribution < 1.29 is 4.79 Å². The number of carbonyl (C=O) groups is 1. The number of carbonyl (C=O) groups excluding carboxylic acids is 1. The van der Waals surface area contributed by atoms with E-state index in [0.717, 1.165) is 22.9 Å². The standard InChI is InChI=1S/C14H15N3OS/c1-10-15-11(9-19-10)14(18)17-8-7-16(2)12-5-3-4-6-13(12)17/h3-6,9H,7-8H2,1-2H3. The predicted molar refractivity (Wildman–Crippen MR) is 78.2 cm³/mol. The minimum atomic E-state index is -0.00935. The minimum Gasteiger partial charge on any atom is -0.371 e. The lowest BCUT2D eigenvalue weighted by Crippen LogP contribution is -2.42. The van der Waals surface area contributed by atoms with E-state index in [2.05, 4.69) is 9.88 Å². The molecule has 0 atom stereocenters. The van der Waals surface area contributed by atoms with Crippen LogP contribution in [0.15, 0.2) is 29.6 Å². The molecule has 98 valence electrons. The summed E-state index contributed by atoms with van der Waals surface area (Å²) in [4.78, 5) is 20.8. The van der Waals surface area contributed by atoms with Gasteiger partial charge in [0, 0.05) is 25.5 Å². The van der Waals surface area contributed by atoms with E-state index in [1.54, 1.807) is 0 Å². The van der Waals surface area contributed by atoms with Crippen LogP contribution in [0.1, 0.15) is 15.5 Å². The van der Waals surface area contributed by atoms with E-state index in [1.165, 1.54) is 11.3 Å². The van der Waals surface area contributed by atoms with Gasteiger partial charge in [0.05, 0.1) is 16.4 Å². The second kappa shape index (κ2) is 4.66. The summed E-state index contributed by atoms with van der Waals surface area (Å²) in [6, 6.07) is 7.99. The fourth-order valence-corrected chi connectivity index (χ4v) is 2.90. The molecule has 0 saturated heterocycles. The molecule has 1 amide bonds. The van der Waals surface area contributed by atoms with Gasteiger partial charge in [-0.15, -0.1) is 11.3 Å². The van der Waals surface area contributed by atoms with Gasteiger partial charge in [0.15, 0.2) is 0 Å². The molecule has 2 heterocycles. The van der Waals surface area contributed by atoms with Gasteiger partial charge in [-0.3, -0.25) is 4.79 Å². The number of rotatable bonds is 1. The molecule has 1 aromatic carbocycles. The largest absolute Gasteiger partial charge is 0.371 e. The molecule has 0 spiro atoms. The molecular weight excluding hydrogens is 258 g/mol. The first-order chi connectivity index (χ1) is 9.16. The SMILES string of the molecule is Cc1nc(C(=O)N2CCN(C)c3ccccc32)cs1. The Morgan fingerprint density at radius 1 is 1.26 bits per heavy atom. The van der Waals surface area contributed by atoms with Gasteiger partial charge in [0.1, 0.15) is 5.69 Å². The van der Waals surface area contributed by atoms with E-state index in [-0.39, 0.29) is 5.91 Å². The fraction of sp³-hybridized carbons (Fsp3) is 0.286. The first-order valence-corrected chi connectivity index (χ1v) is 7.09. The molecule has 4 nitrogen and oxygen atoms in total. The van der Waals surface area contributed by atoms with Crippen LogP contribution in [0.2, 0.25) is 0 Å². The van der Waals surface area contributed by atoms with Crippen molar-refractivity contribution in [2.24, 2.45) is 0 Å². The zero-order valence-electron chi connectivity index (χ0n) is 11.0. The molecule has 0 fully saturated rings. The van der Waals surface area contributed by atoms with Gasteiger partial charge in [-0.05, 0) is 19.1 Å². The van der Waals surface area contributed by atoms with Crippen molar-refractivity contribution in [1.82, 2.24) is 4.98 Å². The lowest BCUT2D eigenvalue weighted by atomic mass is 10.1. The number of likely N-dealkylation sites (N-methyl/N-ethyl adjacent to an activating group) is 1. The number of hydrogen-bond donors (Lipinski definition) is 0. The van der Waals surface area contributed by atoms with Crippen LogP contribution in [0.3, 0.4) is 0 Å². The molecule has 3 rings (SSSR count). The molecule has 0 unspecified atom stereocenters. The number of nitrogens with zero attached hydrogens (tertiary/aromatic N) is 3. The predicted octanol–water partition coefficient (Wildman–Crippen LogP) is 2.55. The molecule has 1 aliphatic heterocycles. The van der Waals surface area contributed by atoms with Crippen molar-refractivity contribution in [2.75, 3.05) is 29.9 Å². The lowest BCUT2D eigenvalue weighted by Gasteiger charge is -2.35. The summed E-state index contributed by atoms with van der Waals surface area (Å²) in [6.07, 6.45) is 0. The molecular formula is C14H15N3OS. The van der Waals surface area contributed by atoms with Crippen molar-refractivity contribution in [3.05, 3.63) is 40.3 Å². The monoisotopic (exact) mass is 273 g/mol. The molecule has 0 radical (unpaired) electrons. The van der Waals surface area contributed by atoms with Crippen molar-refractivity contribution >= 4 is 28.6 Å². The molecule has 1 aromatic heterocycles. The third-order valence-corrected chi connectivity index (χ3v) is 4.10. The number of aryl methyl sites for hydroxylation is 1. The maximum Gasteiger partial charge on any atom is 0.277 e. The zero-order chi connectivity index (χ0) is 13.4. The van der Waals surface area contributed by atoms with Crippen molar-refractivity contribution in [1.29, 1.82) is 0 Å². The van der Waals surface area contributed by atoms with E-state index >= 15 is 0 Å². The van der Waals surface area contributed by atoms with E-state index in [0.29, 0.717) is 12.2 Å². The Kier molecular flexibility index (Phi) is 2.98. The lowest BCUT2D eigenvalue weighted by molar-refractivity contribution is 0.0982. The molecule has 5 heteroatoms. The number of hydrogen-bond acceptors (Lipinski definition) is 4. The second-order valence-electron chi connectivity index (χ2n) is 4.62. The molecule has 2 aromatic rings. The molecule has 0 N–H and O–H groups in total. The Morgan fingerprint density at radius 3 is 2.68 bits per heavy atom. The van der Waals surface area contributed by atoms with E-state index in [1.807, 2.05) is 48.5 Å². The van der Waals surface area contributed by atoms with Crippen LogP contribution in [0.25, 0.3) is 0 Å². The first-order valence-electron chi connectivity index (χ1n) is 6.21. The Bertz CT molecular complexity index is 623. The average molecular weight is 273 g/mol. The molecule has 19 heavy (non-hydrogen) atoms. The second-order valence-corrected chi connectivity index (χ2v) is 5.68. The maximum atomic E-state index is 12.5.